The zero-order chi connectivity index (χ0) is 26.9. The van der Waals surface area contributed by atoms with E-state index >= 15 is 0 Å². The second-order valence-electron chi connectivity index (χ2n) is 9.82. The van der Waals surface area contributed by atoms with Crippen molar-refractivity contribution in [3.63, 3.8) is 0 Å². The molecule has 9 heteroatoms. The number of carboxylic acid groups (broad SMARTS) is 1. The van der Waals surface area contributed by atoms with Crippen molar-refractivity contribution in [2.45, 2.75) is 18.8 Å². The van der Waals surface area contributed by atoms with Gasteiger partial charge >= 0.3 is 5.97 Å². The van der Waals surface area contributed by atoms with Crippen LogP contribution in [0.4, 0.5) is 5.69 Å². The molecule has 2 N–H and O–H groups in total. The number of halogens is 1. The summed E-state index contributed by atoms with van der Waals surface area (Å²) < 4.78 is 0.123. The molecule has 0 aromatic heterocycles. The minimum absolute atomic E-state index is 0.0390. The Morgan fingerprint density at radius 3 is 2.47 bits per heavy atom. The summed E-state index contributed by atoms with van der Waals surface area (Å²) in [6.45, 7) is 0. The Labute approximate surface area is 225 Å². The van der Waals surface area contributed by atoms with Crippen LogP contribution in [0.2, 0.25) is 0 Å². The number of carbonyl (C=O) groups excluding carboxylic acids is 4. The van der Waals surface area contributed by atoms with Gasteiger partial charge in [-0.3, -0.25) is 24.1 Å². The molecule has 0 radical (unpaired) electrons. The molecule has 0 spiro atoms. The molecule has 3 aliphatic carbocycles. The number of anilines is 1. The number of nitrogens with zero attached hydrogens (tertiary/aromatic N) is 1. The van der Waals surface area contributed by atoms with Crippen LogP contribution in [0, 0.1) is 17.8 Å². The second kappa shape index (κ2) is 8.73. The number of para-hydroxylation sites is 1. The first-order chi connectivity index (χ1) is 18.2. The van der Waals surface area contributed by atoms with Gasteiger partial charge in [-0.05, 0) is 59.0 Å². The van der Waals surface area contributed by atoms with Gasteiger partial charge in [-0.2, -0.15) is 0 Å². The number of hydrogen-bond acceptors (Lipinski definition) is 6. The van der Waals surface area contributed by atoms with Gasteiger partial charge in [0.25, 0.3) is 0 Å². The highest BCUT2D eigenvalue weighted by Gasteiger charge is 2.56. The fourth-order valence-electron chi connectivity index (χ4n) is 6.33. The van der Waals surface area contributed by atoms with Crippen LogP contribution >= 0.6 is 15.9 Å². The van der Waals surface area contributed by atoms with Crippen molar-refractivity contribution >= 4 is 51.0 Å². The zero-order valence-corrected chi connectivity index (χ0v) is 21.3. The minimum Gasteiger partial charge on any atom is -0.508 e. The smallest absolute Gasteiger partial charge is 0.335 e. The average Bonchev–Trinajstić information content (AvgIpc) is 3.16. The van der Waals surface area contributed by atoms with Crippen molar-refractivity contribution in [3.05, 3.63) is 93.0 Å². The first kappa shape index (κ1) is 24.2. The number of phenolic OH excluding ortho intramolecular Hbond substituents is 1. The number of imide groups is 1. The van der Waals surface area contributed by atoms with E-state index in [0.29, 0.717) is 5.56 Å². The summed E-state index contributed by atoms with van der Waals surface area (Å²) in [6, 6.07) is 12.3. The Kier molecular flexibility index (Phi) is 5.57. The van der Waals surface area contributed by atoms with Crippen LogP contribution < -0.4 is 4.90 Å². The van der Waals surface area contributed by atoms with Crippen molar-refractivity contribution in [2.24, 2.45) is 17.8 Å². The number of benzene rings is 2. The lowest BCUT2D eigenvalue weighted by Gasteiger charge is -2.42. The van der Waals surface area contributed by atoms with Gasteiger partial charge in [0.1, 0.15) is 5.75 Å². The van der Waals surface area contributed by atoms with Gasteiger partial charge in [0.05, 0.1) is 27.6 Å². The van der Waals surface area contributed by atoms with Gasteiger partial charge < -0.3 is 10.2 Å². The summed E-state index contributed by atoms with van der Waals surface area (Å²) in [6.07, 6.45) is 3.44. The molecule has 2 aromatic rings. The largest absolute Gasteiger partial charge is 0.508 e. The number of phenols is 1. The molecule has 190 valence electrons. The average molecular weight is 574 g/mol. The Morgan fingerprint density at radius 1 is 0.974 bits per heavy atom. The molecular formula is C29H20BrNO7. The molecule has 4 unspecified atom stereocenters. The predicted octanol–water partition coefficient (Wildman–Crippen LogP) is 4.06. The van der Waals surface area contributed by atoms with Crippen LogP contribution in [0.1, 0.15) is 34.7 Å². The highest BCUT2D eigenvalue weighted by atomic mass is 79.9. The molecule has 2 amide bonds. The van der Waals surface area contributed by atoms with E-state index in [-0.39, 0.29) is 57.0 Å². The maximum absolute atomic E-state index is 13.9. The van der Waals surface area contributed by atoms with Crippen LogP contribution in [-0.4, -0.2) is 39.6 Å². The number of aromatic carboxylic acids is 1. The number of Topliss-reactive ketones (excluding diaryl/α,β-unsaturated/α-hetero) is 1. The van der Waals surface area contributed by atoms with E-state index in [4.69, 9.17) is 0 Å². The van der Waals surface area contributed by atoms with E-state index < -0.39 is 41.5 Å². The summed E-state index contributed by atoms with van der Waals surface area (Å²) in [5.74, 6) is -5.61. The number of amides is 2. The Hall–Kier alpha value is -4.11. The molecule has 1 fully saturated rings. The normalized spacial score (nSPS) is 26.5. The fraction of sp³-hybridized carbons (Fsp3) is 0.207. The monoisotopic (exact) mass is 573 g/mol. The molecule has 4 aliphatic rings. The fourth-order valence-corrected chi connectivity index (χ4v) is 6.77. The van der Waals surface area contributed by atoms with E-state index in [1.165, 1.54) is 36.4 Å². The van der Waals surface area contributed by atoms with E-state index in [0.717, 1.165) is 10.5 Å². The first-order valence-corrected chi connectivity index (χ1v) is 12.9. The topological polar surface area (TPSA) is 129 Å². The van der Waals surface area contributed by atoms with Crippen molar-refractivity contribution in [1.29, 1.82) is 0 Å². The van der Waals surface area contributed by atoms with Crippen LogP contribution in [0.3, 0.4) is 0 Å². The molecule has 0 bridgehead atoms. The highest BCUT2D eigenvalue weighted by Crippen LogP contribution is 2.56. The van der Waals surface area contributed by atoms with Crippen LogP contribution in [0.25, 0.3) is 0 Å². The number of allylic oxidation sites excluding steroid dienone is 6. The summed E-state index contributed by atoms with van der Waals surface area (Å²) in [5, 5.41) is 20.1. The SMILES string of the molecule is O=C1C=C(Br)C(=O)C2=C1C(c1ccccc1O)C1=CCC3C(=O)N(c4cccc(C(=O)O)c4)C(=O)C3C1C2. The zero-order valence-electron chi connectivity index (χ0n) is 19.8. The van der Waals surface area contributed by atoms with Gasteiger partial charge in [0, 0.05) is 28.7 Å². The summed E-state index contributed by atoms with van der Waals surface area (Å²) >= 11 is 3.19. The van der Waals surface area contributed by atoms with Gasteiger partial charge in [0.15, 0.2) is 11.6 Å². The number of hydrogen-bond donors (Lipinski definition) is 2. The number of ketones is 2. The first-order valence-electron chi connectivity index (χ1n) is 12.1. The number of rotatable bonds is 3. The van der Waals surface area contributed by atoms with Crippen molar-refractivity contribution in [1.82, 2.24) is 0 Å². The highest BCUT2D eigenvalue weighted by molar-refractivity contribution is 9.12. The maximum Gasteiger partial charge on any atom is 0.335 e. The van der Waals surface area contributed by atoms with Crippen LogP contribution in [0.5, 0.6) is 5.75 Å². The summed E-state index contributed by atoms with van der Waals surface area (Å²) in [7, 11) is 0. The van der Waals surface area contributed by atoms with E-state index in [9.17, 15) is 34.2 Å². The molecule has 38 heavy (non-hydrogen) atoms. The minimum atomic E-state index is -1.18. The molecule has 2 aromatic carbocycles. The van der Waals surface area contributed by atoms with Crippen molar-refractivity contribution < 1.29 is 34.2 Å². The third-order valence-corrected chi connectivity index (χ3v) is 8.52. The van der Waals surface area contributed by atoms with Crippen LogP contribution in [0.15, 0.2) is 81.9 Å². The Balaban J connectivity index is 1.48. The van der Waals surface area contributed by atoms with E-state index in [2.05, 4.69) is 15.9 Å². The molecule has 4 atom stereocenters. The lowest BCUT2D eigenvalue weighted by molar-refractivity contribution is -0.123. The van der Waals surface area contributed by atoms with Crippen LogP contribution in [-0.2, 0) is 19.2 Å². The van der Waals surface area contributed by atoms with Gasteiger partial charge in [-0.1, -0.05) is 35.9 Å². The van der Waals surface area contributed by atoms with Gasteiger partial charge in [0.2, 0.25) is 11.8 Å². The Morgan fingerprint density at radius 2 is 1.74 bits per heavy atom. The summed E-state index contributed by atoms with van der Waals surface area (Å²) in [5.41, 5.74) is 1.85. The standard InChI is InChI=1S/C29H20BrNO7/c30-20-12-22(33)25-19(26(20)34)11-18-15(23(25)16-6-1-2-7-21(16)32)8-9-17-24(18)28(36)31(27(17)35)14-5-3-4-13(10-14)29(37)38/h1-8,10,12,17-18,23-24,32H,9,11H2,(H,37,38). The summed E-state index contributed by atoms with van der Waals surface area (Å²) in [4.78, 5) is 66.4. The molecule has 1 aliphatic heterocycles. The third-order valence-electron chi connectivity index (χ3n) is 7.93. The number of aromatic hydroxyl groups is 1. The van der Waals surface area contributed by atoms with Gasteiger partial charge in [-0.25, -0.2) is 4.79 Å². The van der Waals surface area contributed by atoms with Gasteiger partial charge in [-0.15, -0.1) is 0 Å². The number of carbonyl (C=O) groups is 5. The molecule has 0 saturated carbocycles. The molecule has 8 nitrogen and oxygen atoms in total. The molecular weight excluding hydrogens is 554 g/mol. The lowest BCUT2D eigenvalue weighted by Crippen LogP contribution is -2.39. The quantitative estimate of drug-likeness (QED) is 0.322. The molecule has 1 heterocycles. The van der Waals surface area contributed by atoms with E-state index in [1.54, 1.807) is 18.2 Å². The number of carboxylic acids is 1. The predicted molar refractivity (Wildman–Crippen MR) is 139 cm³/mol. The third kappa shape index (κ3) is 3.45. The number of fused-ring (bicyclic) bond motifs is 3. The maximum atomic E-state index is 13.9. The lowest BCUT2D eigenvalue weighted by atomic mass is 9.59. The van der Waals surface area contributed by atoms with Crippen molar-refractivity contribution in [3.8, 4) is 5.75 Å². The second-order valence-corrected chi connectivity index (χ2v) is 10.7. The Bertz CT molecular complexity index is 1580. The molecule has 6 rings (SSSR count). The van der Waals surface area contributed by atoms with E-state index in [1.807, 2.05) is 6.08 Å². The van der Waals surface area contributed by atoms with Crippen molar-refractivity contribution in [2.75, 3.05) is 4.90 Å². The molecule has 1 saturated heterocycles.